The van der Waals surface area contributed by atoms with Gasteiger partial charge in [0, 0.05) is 24.1 Å². The minimum Gasteiger partial charge on any atom is -0.454 e. The fourth-order valence-corrected chi connectivity index (χ4v) is 2.48. The van der Waals surface area contributed by atoms with Gasteiger partial charge < -0.3 is 19.7 Å². The number of nitrogens with zero attached hydrogens (tertiary/aromatic N) is 1. The van der Waals surface area contributed by atoms with Gasteiger partial charge in [-0.25, -0.2) is 0 Å². The largest absolute Gasteiger partial charge is 0.454 e. The van der Waals surface area contributed by atoms with Crippen molar-refractivity contribution >= 4 is 23.4 Å². The third kappa shape index (κ3) is 4.33. The molecule has 1 aliphatic rings. The first-order chi connectivity index (χ1) is 9.15. The van der Waals surface area contributed by atoms with Crippen molar-refractivity contribution in [3.63, 3.8) is 0 Å². The zero-order valence-corrected chi connectivity index (χ0v) is 12.0. The van der Waals surface area contributed by atoms with Crippen LogP contribution in [0.3, 0.4) is 0 Å². The van der Waals surface area contributed by atoms with Crippen LogP contribution in [0.15, 0.2) is 18.2 Å². The van der Waals surface area contributed by atoms with E-state index in [1.165, 1.54) is 0 Å². The molecule has 6 heteroatoms. The molecule has 1 aromatic rings. The normalized spacial score (nSPS) is 12.8. The van der Waals surface area contributed by atoms with E-state index in [1.807, 2.05) is 20.2 Å². The summed E-state index contributed by atoms with van der Waals surface area (Å²) in [5, 5.41) is 2.85. The molecule has 2 rings (SSSR count). The van der Waals surface area contributed by atoms with Gasteiger partial charge in [-0.3, -0.25) is 4.79 Å². The molecule has 1 aliphatic heterocycles. The number of ether oxygens (including phenoxy) is 2. The number of anilines is 1. The van der Waals surface area contributed by atoms with Crippen molar-refractivity contribution in [2.75, 3.05) is 44.3 Å². The van der Waals surface area contributed by atoms with Crippen LogP contribution >= 0.6 is 11.8 Å². The molecule has 0 saturated heterocycles. The molecule has 19 heavy (non-hydrogen) atoms. The van der Waals surface area contributed by atoms with Gasteiger partial charge in [-0.15, -0.1) is 0 Å². The molecule has 0 atom stereocenters. The minimum atomic E-state index is 0.00243. The van der Waals surface area contributed by atoms with Gasteiger partial charge in [0.25, 0.3) is 0 Å². The Morgan fingerprint density at radius 3 is 2.95 bits per heavy atom. The van der Waals surface area contributed by atoms with Crippen LogP contribution in [-0.4, -0.2) is 49.7 Å². The fourth-order valence-electron chi connectivity index (χ4n) is 1.58. The number of hydrogen-bond donors (Lipinski definition) is 1. The highest BCUT2D eigenvalue weighted by molar-refractivity contribution is 7.99. The van der Waals surface area contributed by atoms with Crippen LogP contribution in [0.1, 0.15) is 0 Å². The van der Waals surface area contributed by atoms with E-state index in [1.54, 1.807) is 23.9 Å². The molecular weight excluding hydrogens is 264 g/mol. The zero-order chi connectivity index (χ0) is 13.7. The van der Waals surface area contributed by atoms with Gasteiger partial charge in [0.05, 0.1) is 5.75 Å². The summed E-state index contributed by atoms with van der Waals surface area (Å²) in [7, 11) is 4.04. The molecule has 0 bridgehead atoms. The van der Waals surface area contributed by atoms with Gasteiger partial charge in [0.1, 0.15) is 0 Å². The molecule has 1 amide bonds. The summed E-state index contributed by atoms with van der Waals surface area (Å²) in [4.78, 5) is 13.8. The lowest BCUT2D eigenvalue weighted by Crippen LogP contribution is -2.18. The van der Waals surface area contributed by atoms with Gasteiger partial charge in [-0.2, -0.15) is 11.8 Å². The predicted octanol–water partition coefficient (Wildman–Crippen LogP) is 1.65. The molecule has 0 spiro atoms. The second-order valence-corrected chi connectivity index (χ2v) is 5.58. The van der Waals surface area contributed by atoms with Gasteiger partial charge in [-0.1, -0.05) is 0 Å². The van der Waals surface area contributed by atoms with Crippen molar-refractivity contribution in [1.82, 2.24) is 4.90 Å². The number of thioether (sulfide) groups is 1. The lowest BCUT2D eigenvalue weighted by Gasteiger charge is -2.09. The number of nitrogens with one attached hydrogen (secondary N) is 1. The SMILES string of the molecule is CN(C)CCSCC(=O)Nc1ccc2c(c1)OCO2. The summed E-state index contributed by atoms with van der Waals surface area (Å²) in [6, 6.07) is 5.40. The molecule has 104 valence electrons. The van der Waals surface area contributed by atoms with Crippen molar-refractivity contribution in [2.45, 2.75) is 0 Å². The molecule has 1 N–H and O–H groups in total. The first kappa shape index (κ1) is 14.0. The lowest BCUT2D eigenvalue weighted by atomic mass is 10.3. The predicted molar refractivity (Wildman–Crippen MR) is 77.1 cm³/mol. The van der Waals surface area contributed by atoms with Crippen molar-refractivity contribution in [3.8, 4) is 11.5 Å². The third-order valence-corrected chi connectivity index (χ3v) is 3.51. The quantitative estimate of drug-likeness (QED) is 0.804. The molecule has 1 heterocycles. The Kier molecular flexibility index (Phi) is 4.93. The molecule has 0 saturated carbocycles. The van der Waals surface area contributed by atoms with Crippen molar-refractivity contribution in [1.29, 1.82) is 0 Å². The van der Waals surface area contributed by atoms with Crippen LogP contribution in [0.25, 0.3) is 0 Å². The molecule has 0 aliphatic carbocycles. The van der Waals surface area contributed by atoms with E-state index in [2.05, 4.69) is 10.2 Å². The van der Waals surface area contributed by atoms with E-state index in [0.29, 0.717) is 11.5 Å². The van der Waals surface area contributed by atoms with Gasteiger partial charge in [-0.05, 0) is 26.2 Å². The summed E-state index contributed by atoms with van der Waals surface area (Å²) < 4.78 is 10.5. The average molecular weight is 282 g/mol. The van der Waals surface area contributed by atoms with Crippen molar-refractivity contribution < 1.29 is 14.3 Å². The molecular formula is C13H18N2O3S. The monoisotopic (exact) mass is 282 g/mol. The number of hydrogen-bond acceptors (Lipinski definition) is 5. The van der Waals surface area contributed by atoms with Gasteiger partial charge in [0.15, 0.2) is 11.5 Å². The topological polar surface area (TPSA) is 50.8 Å². The van der Waals surface area contributed by atoms with E-state index in [4.69, 9.17) is 9.47 Å². The maximum absolute atomic E-state index is 11.7. The summed E-state index contributed by atoms with van der Waals surface area (Å²) in [6.45, 7) is 1.22. The summed E-state index contributed by atoms with van der Waals surface area (Å²) in [5.41, 5.74) is 0.738. The standard InChI is InChI=1S/C13H18N2O3S/c1-15(2)5-6-19-8-13(16)14-10-3-4-11-12(7-10)18-9-17-11/h3-4,7H,5-6,8-9H2,1-2H3,(H,14,16). The van der Waals surface area contributed by atoms with Crippen molar-refractivity contribution in [2.24, 2.45) is 0 Å². The number of fused-ring (bicyclic) bond motifs is 1. The molecule has 0 unspecified atom stereocenters. The Morgan fingerprint density at radius 1 is 1.37 bits per heavy atom. The van der Waals surface area contributed by atoms with Crippen LogP contribution in [0.4, 0.5) is 5.69 Å². The van der Waals surface area contributed by atoms with Crippen molar-refractivity contribution in [3.05, 3.63) is 18.2 Å². The lowest BCUT2D eigenvalue weighted by molar-refractivity contribution is -0.113. The highest BCUT2D eigenvalue weighted by Gasteiger charge is 2.13. The maximum atomic E-state index is 11.7. The number of carbonyl (C=O) groups excluding carboxylic acids is 1. The van der Waals surface area contributed by atoms with Crippen LogP contribution in [0.2, 0.25) is 0 Å². The molecule has 1 aromatic carbocycles. The Morgan fingerprint density at radius 2 is 2.16 bits per heavy atom. The second kappa shape index (κ2) is 6.68. The Balaban J connectivity index is 1.76. The maximum Gasteiger partial charge on any atom is 0.234 e. The molecule has 5 nitrogen and oxygen atoms in total. The van der Waals surface area contributed by atoms with E-state index < -0.39 is 0 Å². The number of benzene rings is 1. The number of amides is 1. The van der Waals surface area contributed by atoms with Crippen LogP contribution < -0.4 is 14.8 Å². The van der Waals surface area contributed by atoms with E-state index in [0.717, 1.165) is 23.7 Å². The first-order valence-corrected chi connectivity index (χ1v) is 7.22. The number of carbonyl (C=O) groups is 1. The zero-order valence-electron chi connectivity index (χ0n) is 11.1. The minimum absolute atomic E-state index is 0.00243. The Labute approximate surface area is 117 Å². The molecule has 0 radical (unpaired) electrons. The summed E-state index contributed by atoms with van der Waals surface area (Å²) in [5.74, 6) is 2.81. The van der Waals surface area contributed by atoms with E-state index >= 15 is 0 Å². The highest BCUT2D eigenvalue weighted by atomic mass is 32.2. The van der Waals surface area contributed by atoms with Crippen LogP contribution in [0, 0.1) is 0 Å². The second-order valence-electron chi connectivity index (χ2n) is 4.47. The summed E-state index contributed by atoms with van der Waals surface area (Å²) >= 11 is 1.62. The third-order valence-electron chi connectivity index (χ3n) is 2.57. The van der Waals surface area contributed by atoms with Crippen LogP contribution in [0.5, 0.6) is 11.5 Å². The first-order valence-electron chi connectivity index (χ1n) is 6.07. The van der Waals surface area contributed by atoms with Gasteiger partial charge >= 0.3 is 0 Å². The number of rotatable bonds is 6. The molecule has 0 aromatic heterocycles. The average Bonchev–Trinajstić information content (AvgIpc) is 2.82. The Bertz CT molecular complexity index is 452. The fraction of sp³-hybridized carbons (Fsp3) is 0.462. The Hall–Kier alpha value is -1.40. The molecule has 0 fully saturated rings. The van der Waals surface area contributed by atoms with E-state index in [9.17, 15) is 4.79 Å². The highest BCUT2D eigenvalue weighted by Crippen LogP contribution is 2.34. The smallest absolute Gasteiger partial charge is 0.234 e. The van der Waals surface area contributed by atoms with E-state index in [-0.39, 0.29) is 12.7 Å². The van der Waals surface area contributed by atoms with Gasteiger partial charge in [0.2, 0.25) is 12.7 Å². The van der Waals surface area contributed by atoms with Crippen LogP contribution in [-0.2, 0) is 4.79 Å². The summed E-state index contributed by atoms with van der Waals surface area (Å²) in [6.07, 6.45) is 0.